The van der Waals surface area contributed by atoms with Gasteiger partial charge in [0.15, 0.2) is 0 Å². The Morgan fingerprint density at radius 3 is 2.45 bits per heavy atom. The second-order valence-corrected chi connectivity index (χ2v) is 6.93. The molecule has 1 aliphatic carbocycles. The first kappa shape index (κ1) is 17.4. The van der Waals surface area contributed by atoms with Crippen LogP contribution in [0.2, 0.25) is 0 Å². The summed E-state index contributed by atoms with van der Waals surface area (Å²) in [5.41, 5.74) is -2.07. The molecule has 0 aromatic rings. The highest BCUT2D eigenvalue weighted by Crippen LogP contribution is 2.46. The number of aliphatic hydroxyl groups excluding tert-OH is 1. The monoisotopic (exact) mass is 288 g/mol. The lowest BCUT2D eigenvalue weighted by molar-refractivity contribution is -0.141. The molecule has 4 N–H and O–H groups in total. The number of rotatable bonds is 6. The molecule has 5 nitrogen and oxygen atoms in total. The van der Waals surface area contributed by atoms with Crippen LogP contribution >= 0.6 is 0 Å². The molecule has 6 unspecified atom stereocenters. The van der Waals surface area contributed by atoms with E-state index in [4.69, 9.17) is 5.11 Å². The highest BCUT2D eigenvalue weighted by atomic mass is 16.4. The highest BCUT2D eigenvalue weighted by molar-refractivity contribution is 5.69. The fraction of sp³-hybridized carbons (Fsp3) is 0.933. The number of aliphatic carboxylic acids is 1. The third kappa shape index (κ3) is 3.71. The Morgan fingerprint density at radius 2 is 2.05 bits per heavy atom. The second kappa shape index (κ2) is 6.00. The van der Waals surface area contributed by atoms with Crippen LogP contribution in [0.5, 0.6) is 0 Å². The first-order chi connectivity index (χ1) is 8.99. The van der Waals surface area contributed by atoms with Crippen molar-refractivity contribution in [2.75, 3.05) is 0 Å². The van der Waals surface area contributed by atoms with Crippen LogP contribution < -0.4 is 0 Å². The number of aliphatic hydroxyl groups is 3. The molecule has 0 spiro atoms. The predicted molar refractivity (Wildman–Crippen MR) is 75.2 cm³/mol. The molecule has 20 heavy (non-hydrogen) atoms. The van der Waals surface area contributed by atoms with Crippen LogP contribution in [-0.4, -0.2) is 43.7 Å². The molecule has 0 aliphatic heterocycles. The van der Waals surface area contributed by atoms with E-state index in [0.29, 0.717) is 19.3 Å². The lowest BCUT2D eigenvalue weighted by atomic mass is 9.75. The molecular weight excluding hydrogens is 260 g/mol. The van der Waals surface area contributed by atoms with Crippen LogP contribution in [0.15, 0.2) is 0 Å². The maximum absolute atomic E-state index is 10.8. The van der Waals surface area contributed by atoms with Crippen LogP contribution in [0.3, 0.4) is 0 Å². The summed E-state index contributed by atoms with van der Waals surface area (Å²) < 4.78 is 0. The molecule has 1 saturated carbocycles. The smallest absolute Gasteiger partial charge is 0.306 e. The summed E-state index contributed by atoms with van der Waals surface area (Å²) in [5.74, 6) is -1.86. The Balaban J connectivity index is 2.62. The number of carboxylic acids is 1. The number of hydrogen-bond donors (Lipinski definition) is 4. The van der Waals surface area contributed by atoms with Gasteiger partial charge >= 0.3 is 5.97 Å². The van der Waals surface area contributed by atoms with Gasteiger partial charge in [-0.25, -0.2) is 0 Å². The van der Waals surface area contributed by atoms with Gasteiger partial charge in [0.2, 0.25) is 0 Å². The van der Waals surface area contributed by atoms with Crippen molar-refractivity contribution < 1.29 is 25.2 Å². The number of hydrogen-bond acceptors (Lipinski definition) is 4. The van der Waals surface area contributed by atoms with E-state index in [9.17, 15) is 20.1 Å². The van der Waals surface area contributed by atoms with Gasteiger partial charge in [-0.05, 0) is 39.0 Å². The van der Waals surface area contributed by atoms with Crippen molar-refractivity contribution in [3.8, 4) is 0 Å². The average Bonchev–Trinajstić information content (AvgIpc) is 2.47. The molecule has 0 aromatic carbocycles. The van der Waals surface area contributed by atoms with E-state index >= 15 is 0 Å². The van der Waals surface area contributed by atoms with E-state index in [1.54, 1.807) is 20.8 Å². The number of carbonyl (C=O) groups is 1. The molecular formula is C15H28O5. The first-order valence-electron chi connectivity index (χ1n) is 7.34. The van der Waals surface area contributed by atoms with Gasteiger partial charge < -0.3 is 20.4 Å². The molecule has 1 aliphatic rings. The molecule has 1 rings (SSSR count). The minimum atomic E-state index is -1.10. The van der Waals surface area contributed by atoms with Crippen molar-refractivity contribution in [2.45, 2.75) is 70.7 Å². The van der Waals surface area contributed by atoms with Crippen molar-refractivity contribution in [1.82, 2.24) is 0 Å². The Hall–Kier alpha value is -0.650. The van der Waals surface area contributed by atoms with E-state index in [1.165, 1.54) is 0 Å². The van der Waals surface area contributed by atoms with Crippen molar-refractivity contribution in [3.05, 3.63) is 0 Å². The summed E-state index contributed by atoms with van der Waals surface area (Å²) in [6.07, 6.45) is 1.04. The van der Waals surface area contributed by atoms with Crippen LogP contribution in [-0.2, 0) is 4.79 Å². The van der Waals surface area contributed by atoms with E-state index in [2.05, 4.69) is 0 Å². The summed E-state index contributed by atoms with van der Waals surface area (Å²) in [7, 11) is 0. The fourth-order valence-corrected chi connectivity index (χ4v) is 3.47. The third-order valence-electron chi connectivity index (χ3n) is 5.02. The number of carboxylic acid groups (broad SMARTS) is 1. The van der Waals surface area contributed by atoms with E-state index in [1.807, 2.05) is 6.92 Å². The zero-order valence-electron chi connectivity index (χ0n) is 12.8. The topological polar surface area (TPSA) is 98.0 Å². The van der Waals surface area contributed by atoms with Crippen LogP contribution in [0.1, 0.15) is 53.4 Å². The summed E-state index contributed by atoms with van der Waals surface area (Å²) >= 11 is 0. The molecule has 0 aromatic heterocycles. The molecule has 0 bridgehead atoms. The molecule has 0 heterocycles. The van der Waals surface area contributed by atoms with Gasteiger partial charge in [0.05, 0.1) is 23.2 Å². The van der Waals surface area contributed by atoms with Crippen molar-refractivity contribution in [3.63, 3.8) is 0 Å². The summed E-state index contributed by atoms with van der Waals surface area (Å²) in [6.45, 7) is 6.85. The third-order valence-corrected chi connectivity index (χ3v) is 5.02. The van der Waals surface area contributed by atoms with Crippen LogP contribution in [0.25, 0.3) is 0 Å². The Morgan fingerprint density at radius 1 is 1.50 bits per heavy atom. The van der Waals surface area contributed by atoms with E-state index in [-0.39, 0.29) is 12.3 Å². The van der Waals surface area contributed by atoms with Gasteiger partial charge in [-0.1, -0.05) is 13.8 Å². The fourth-order valence-electron chi connectivity index (χ4n) is 3.47. The maximum atomic E-state index is 10.8. The highest BCUT2D eigenvalue weighted by Gasteiger charge is 2.53. The van der Waals surface area contributed by atoms with Crippen molar-refractivity contribution >= 4 is 5.97 Å². The standard InChI is InChI=1S/C15H28O5/c1-9(13(17)18)6-5-7-14(3,19)12-10(2)15(4,20)8-11(12)16/h9-12,16,19-20H,5-8H2,1-4H3,(H,17,18). The van der Waals surface area contributed by atoms with Crippen LogP contribution in [0.4, 0.5) is 0 Å². The van der Waals surface area contributed by atoms with Gasteiger partial charge in [-0.3, -0.25) is 4.79 Å². The maximum Gasteiger partial charge on any atom is 0.306 e. The molecule has 118 valence electrons. The van der Waals surface area contributed by atoms with Crippen molar-refractivity contribution in [2.24, 2.45) is 17.8 Å². The SMILES string of the molecule is CC(CCCC(C)(O)C1C(O)CC(C)(O)C1C)C(=O)O. The molecule has 0 radical (unpaired) electrons. The van der Waals surface area contributed by atoms with Gasteiger partial charge in [-0.15, -0.1) is 0 Å². The quantitative estimate of drug-likeness (QED) is 0.592. The zero-order valence-corrected chi connectivity index (χ0v) is 12.8. The largest absolute Gasteiger partial charge is 0.481 e. The summed E-state index contributed by atoms with van der Waals surface area (Å²) in [4.78, 5) is 10.8. The first-order valence-corrected chi connectivity index (χ1v) is 7.34. The minimum absolute atomic E-state index is 0.204. The van der Waals surface area contributed by atoms with E-state index < -0.39 is 35.1 Å². The second-order valence-electron chi connectivity index (χ2n) is 6.93. The molecule has 6 atom stereocenters. The summed E-state index contributed by atoms with van der Waals surface area (Å²) in [6, 6.07) is 0. The van der Waals surface area contributed by atoms with Crippen molar-refractivity contribution in [1.29, 1.82) is 0 Å². The normalized spacial score (nSPS) is 38.5. The Labute approximate surface area is 120 Å². The van der Waals surface area contributed by atoms with Gasteiger partial charge in [0, 0.05) is 12.3 Å². The van der Waals surface area contributed by atoms with Gasteiger partial charge in [0.25, 0.3) is 0 Å². The summed E-state index contributed by atoms with van der Waals surface area (Å²) in [5, 5.41) is 39.8. The minimum Gasteiger partial charge on any atom is -0.481 e. The lowest BCUT2D eigenvalue weighted by Crippen LogP contribution is -2.43. The Kier molecular flexibility index (Phi) is 5.22. The lowest BCUT2D eigenvalue weighted by Gasteiger charge is -2.37. The zero-order chi connectivity index (χ0) is 15.7. The molecule has 5 heteroatoms. The van der Waals surface area contributed by atoms with Crippen LogP contribution in [0, 0.1) is 17.8 Å². The predicted octanol–water partition coefficient (Wildman–Crippen LogP) is 1.40. The molecule has 0 saturated heterocycles. The Bertz CT molecular complexity index is 350. The van der Waals surface area contributed by atoms with E-state index in [0.717, 1.165) is 0 Å². The molecule has 0 amide bonds. The van der Waals surface area contributed by atoms with Gasteiger partial charge in [-0.2, -0.15) is 0 Å². The average molecular weight is 288 g/mol. The molecule has 1 fully saturated rings. The van der Waals surface area contributed by atoms with Gasteiger partial charge in [0.1, 0.15) is 0 Å².